The minimum Gasteiger partial charge on any atom is -0.381 e. The first-order chi connectivity index (χ1) is 11.9. The Balaban J connectivity index is 1.32. The molecule has 0 aliphatic rings. The summed E-state index contributed by atoms with van der Waals surface area (Å²) in [5, 5.41) is 3.50. The molecule has 1 aromatic carbocycles. The maximum atomic E-state index is 5.71. The highest BCUT2D eigenvalue weighted by Crippen LogP contribution is 2.03. The molecule has 0 aliphatic carbocycles. The first kappa shape index (κ1) is 18.6. The fraction of sp³-hybridized carbons (Fsp3) is 0.476. The van der Waals surface area contributed by atoms with Gasteiger partial charge in [0.1, 0.15) is 0 Å². The van der Waals surface area contributed by atoms with Crippen LogP contribution in [0, 0.1) is 0 Å². The number of ether oxygens (including phenoxy) is 1. The van der Waals surface area contributed by atoms with E-state index in [9.17, 15) is 0 Å². The van der Waals surface area contributed by atoms with Crippen molar-refractivity contribution in [3.8, 4) is 0 Å². The number of aromatic nitrogens is 1. The van der Waals surface area contributed by atoms with Crippen molar-refractivity contribution in [2.24, 2.45) is 0 Å². The van der Waals surface area contributed by atoms with Crippen LogP contribution < -0.4 is 5.32 Å². The highest BCUT2D eigenvalue weighted by molar-refractivity contribution is 5.14. The molecule has 1 N–H and O–H groups in total. The lowest BCUT2D eigenvalue weighted by atomic mass is 10.1. The molecule has 0 atom stereocenters. The molecule has 0 unspecified atom stereocenters. The first-order valence-electron chi connectivity index (χ1n) is 9.16. The quantitative estimate of drug-likeness (QED) is 0.555. The molecule has 0 saturated carbocycles. The van der Waals surface area contributed by atoms with Gasteiger partial charge in [-0.05, 0) is 55.5 Å². The molecule has 2 aromatic rings. The second-order valence-electron chi connectivity index (χ2n) is 6.15. The number of hydrogen-bond acceptors (Lipinski definition) is 3. The zero-order valence-electron chi connectivity index (χ0n) is 14.6. The monoisotopic (exact) mass is 326 g/mol. The normalized spacial score (nSPS) is 10.8. The molecule has 0 bridgehead atoms. The highest BCUT2D eigenvalue weighted by Gasteiger charge is 1.95. The van der Waals surface area contributed by atoms with Gasteiger partial charge in [-0.25, -0.2) is 0 Å². The molecule has 0 aliphatic heterocycles. The molecule has 3 heteroatoms. The van der Waals surface area contributed by atoms with Crippen molar-refractivity contribution in [1.29, 1.82) is 0 Å². The van der Waals surface area contributed by atoms with Gasteiger partial charge in [0.05, 0.1) is 0 Å². The molecule has 24 heavy (non-hydrogen) atoms. The number of hydrogen-bond donors (Lipinski definition) is 1. The number of pyridine rings is 1. The SMILES string of the molecule is c1ccc(CNCCCCCCOCCCc2ccncc2)cc1. The summed E-state index contributed by atoms with van der Waals surface area (Å²) in [6, 6.07) is 14.7. The predicted molar refractivity (Wildman–Crippen MR) is 100.0 cm³/mol. The predicted octanol–water partition coefficient (Wildman–Crippen LogP) is 4.38. The first-order valence-corrected chi connectivity index (χ1v) is 9.16. The van der Waals surface area contributed by atoms with Crippen LogP contribution >= 0.6 is 0 Å². The van der Waals surface area contributed by atoms with E-state index in [0.29, 0.717) is 0 Å². The second kappa shape index (κ2) is 12.7. The third kappa shape index (κ3) is 8.80. The van der Waals surface area contributed by atoms with Gasteiger partial charge in [0, 0.05) is 32.2 Å². The zero-order chi connectivity index (χ0) is 16.7. The summed E-state index contributed by atoms with van der Waals surface area (Å²) in [6.07, 6.45) is 10.8. The van der Waals surface area contributed by atoms with E-state index in [1.165, 1.54) is 36.8 Å². The Labute approximate surface area is 146 Å². The summed E-state index contributed by atoms with van der Waals surface area (Å²) in [7, 11) is 0. The van der Waals surface area contributed by atoms with Crippen LogP contribution in [0.25, 0.3) is 0 Å². The molecule has 0 amide bonds. The largest absolute Gasteiger partial charge is 0.381 e. The smallest absolute Gasteiger partial charge is 0.0469 e. The van der Waals surface area contributed by atoms with Gasteiger partial charge in [-0.3, -0.25) is 4.98 Å². The summed E-state index contributed by atoms with van der Waals surface area (Å²) in [4.78, 5) is 4.03. The van der Waals surface area contributed by atoms with Gasteiger partial charge in [-0.2, -0.15) is 0 Å². The summed E-state index contributed by atoms with van der Waals surface area (Å²) in [6.45, 7) is 3.83. The van der Waals surface area contributed by atoms with Gasteiger partial charge in [-0.15, -0.1) is 0 Å². The molecule has 3 nitrogen and oxygen atoms in total. The minimum absolute atomic E-state index is 0.862. The number of nitrogens with one attached hydrogen (secondary N) is 1. The highest BCUT2D eigenvalue weighted by atomic mass is 16.5. The lowest BCUT2D eigenvalue weighted by molar-refractivity contribution is 0.127. The summed E-state index contributed by atoms with van der Waals surface area (Å²) in [5.74, 6) is 0. The van der Waals surface area contributed by atoms with E-state index in [1.54, 1.807) is 0 Å². The number of rotatable bonds is 13. The molecule has 0 saturated heterocycles. The lowest BCUT2D eigenvalue weighted by Crippen LogP contribution is -2.14. The maximum Gasteiger partial charge on any atom is 0.0469 e. The van der Waals surface area contributed by atoms with Crippen LogP contribution in [0.3, 0.4) is 0 Å². The summed E-state index contributed by atoms with van der Waals surface area (Å²) >= 11 is 0. The fourth-order valence-electron chi connectivity index (χ4n) is 2.67. The Bertz CT molecular complexity index is 466. The van der Waals surface area contributed by atoms with Gasteiger partial charge >= 0.3 is 0 Å². The van der Waals surface area contributed by atoms with E-state index in [2.05, 4.69) is 52.8 Å². The fourth-order valence-corrected chi connectivity index (χ4v) is 2.67. The van der Waals surface area contributed by atoms with E-state index < -0.39 is 0 Å². The van der Waals surface area contributed by atoms with Crippen LogP contribution in [-0.4, -0.2) is 24.7 Å². The molecule has 1 heterocycles. The van der Waals surface area contributed by atoms with Gasteiger partial charge in [0.25, 0.3) is 0 Å². The van der Waals surface area contributed by atoms with Crippen molar-refractivity contribution in [3.05, 3.63) is 66.0 Å². The van der Waals surface area contributed by atoms with Crippen LogP contribution in [0.15, 0.2) is 54.9 Å². The minimum atomic E-state index is 0.862. The average Bonchev–Trinajstić information content (AvgIpc) is 2.64. The maximum absolute atomic E-state index is 5.71. The Hall–Kier alpha value is -1.71. The standard InChI is InChI=1S/C21H30N2O/c1(6-14-23-19-21-9-4-3-5-10-21)2-7-17-24-18-8-11-20-12-15-22-16-13-20/h3-5,9-10,12-13,15-16,23H,1-2,6-8,11,14,17-19H2. The van der Waals surface area contributed by atoms with Crippen molar-refractivity contribution in [3.63, 3.8) is 0 Å². The molecule has 0 radical (unpaired) electrons. The van der Waals surface area contributed by atoms with Crippen LogP contribution in [0.5, 0.6) is 0 Å². The van der Waals surface area contributed by atoms with Crippen molar-refractivity contribution >= 4 is 0 Å². The molecular formula is C21H30N2O. The Kier molecular flexibility index (Phi) is 9.84. The molecule has 130 valence electrons. The van der Waals surface area contributed by atoms with Crippen molar-refractivity contribution in [1.82, 2.24) is 10.3 Å². The Morgan fingerprint density at radius 1 is 0.750 bits per heavy atom. The number of unbranched alkanes of at least 4 members (excludes halogenated alkanes) is 3. The van der Waals surface area contributed by atoms with Crippen molar-refractivity contribution in [2.45, 2.75) is 45.1 Å². The third-order valence-corrected chi connectivity index (χ3v) is 4.07. The summed E-state index contributed by atoms with van der Waals surface area (Å²) < 4.78 is 5.71. The van der Waals surface area contributed by atoms with E-state index in [4.69, 9.17) is 4.74 Å². The molecule has 2 rings (SSSR count). The van der Waals surface area contributed by atoms with Crippen molar-refractivity contribution in [2.75, 3.05) is 19.8 Å². The van der Waals surface area contributed by atoms with Crippen LogP contribution in [0.1, 0.15) is 43.2 Å². The van der Waals surface area contributed by atoms with E-state index in [1.807, 2.05) is 12.4 Å². The lowest BCUT2D eigenvalue weighted by Gasteiger charge is -2.06. The molecule has 1 aromatic heterocycles. The van der Waals surface area contributed by atoms with Crippen LogP contribution in [-0.2, 0) is 17.7 Å². The van der Waals surface area contributed by atoms with E-state index >= 15 is 0 Å². The second-order valence-corrected chi connectivity index (χ2v) is 6.15. The van der Waals surface area contributed by atoms with Crippen LogP contribution in [0.2, 0.25) is 0 Å². The van der Waals surface area contributed by atoms with Gasteiger partial charge in [0.15, 0.2) is 0 Å². The van der Waals surface area contributed by atoms with Gasteiger partial charge in [0.2, 0.25) is 0 Å². The van der Waals surface area contributed by atoms with Gasteiger partial charge in [-0.1, -0.05) is 43.2 Å². The molecule has 0 spiro atoms. The third-order valence-electron chi connectivity index (χ3n) is 4.07. The molecular weight excluding hydrogens is 296 g/mol. The number of nitrogens with zero attached hydrogens (tertiary/aromatic N) is 1. The number of aryl methyl sites for hydroxylation is 1. The topological polar surface area (TPSA) is 34.1 Å². The summed E-state index contributed by atoms with van der Waals surface area (Å²) in [5.41, 5.74) is 2.70. The molecule has 0 fully saturated rings. The Morgan fingerprint density at radius 2 is 1.50 bits per heavy atom. The van der Waals surface area contributed by atoms with Crippen molar-refractivity contribution < 1.29 is 4.74 Å². The van der Waals surface area contributed by atoms with E-state index in [-0.39, 0.29) is 0 Å². The van der Waals surface area contributed by atoms with Crippen LogP contribution in [0.4, 0.5) is 0 Å². The van der Waals surface area contributed by atoms with Gasteiger partial charge < -0.3 is 10.1 Å². The zero-order valence-corrected chi connectivity index (χ0v) is 14.6. The van der Waals surface area contributed by atoms with E-state index in [0.717, 1.165) is 39.1 Å². The number of benzene rings is 1. The Morgan fingerprint density at radius 3 is 2.33 bits per heavy atom. The average molecular weight is 326 g/mol.